The third-order valence-corrected chi connectivity index (χ3v) is 2.99. The molecule has 0 heterocycles. The Hall–Kier alpha value is -1.06. The number of aryl methyl sites for hydroxylation is 2. The lowest BCUT2D eigenvalue weighted by Crippen LogP contribution is -2.48. The first-order valence-electron chi connectivity index (χ1n) is 5.50. The van der Waals surface area contributed by atoms with Gasteiger partial charge in [-0.3, -0.25) is 0 Å². The van der Waals surface area contributed by atoms with Crippen LogP contribution < -0.4 is 10.1 Å². The summed E-state index contributed by atoms with van der Waals surface area (Å²) in [6.45, 7) is 6.56. The molecule has 2 N–H and O–H groups in total. The molecule has 1 rings (SSSR count). The van der Waals surface area contributed by atoms with Gasteiger partial charge in [-0.05, 0) is 51.1 Å². The highest BCUT2D eigenvalue weighted by Gasteiger charge is 2.21. The van der Waals surface area contributed by atoms with Crippen LogP contribution in [0.15, 0.2) is 18.2 Å². The predicted octanol–water partition coefficient (Wildman–Crippen LogP) is 1.65. The van der Waals surface area contributed by atoms with Crippen molar-refractivity contribution in [1.82, 2.24) is 5.32 Å². The first-order valence-corrected chi connectivity index (χ1v) is 5.50. The SMILES string of the molecule is CNC(C)(CO)COc1ccc(C)c(C)c1. The summed E-state index contributed by atoms with van der Waals surface area (Å²) in [6.07, 6.45) is 0. The Morgan fingerprint density at radius 3 is 2.50 bits per heavy atom. The fraction of sp³-hybridized carbons (Fsp3) is 0.538. The molecular formula is C13H21NO2. The fourth-order valence-electron chi connectivity index (χ4n) is 1.24. The van der Waals surface area contributed by atoms with Crippen molar-refractivity contribution in [2.24, 2.45) is 0 Å². The van der Waals surface area contributed by atoms with Gasteiger partial charge in [0.15, 0.2) is 0 Å². The number of rotatable bonds is 5. The molecule has 0 aliphatic carbocycles. The minimum atomic E-state index is -0.390. The summed E-state index contributed by atoms with van der Waals surface area (Å²) in [4.78, 5) is 0. The zero-order valence-corrected chi connectivity index (χ0v) is 10.5. The van der Waals surface area contributed by atoms with Crippen molar-refractivity contribution in [3.8, 4) is 5.75 Å². The summed E-state index contributed by atoms with van der Waals surface area (Å²) in [6, 6.07) is 6.01. The highest BCUT2D eigenvalue weighted by Crippen LogP contribution is 2.17. The van der Waals surface area contributed by atoms with Crippen molar-refractivity contribution in [1.29, 1.82) is 0 Å². The lowest BCUT2D eigenvalue weighted by atomic mass is 10.1. The Kier molecular flexibility index (Phi) is 4.33. The highest BCUT2D eigenvalue weighted by atomic mass is 16.5. The smallest absolute Gasteiger partial charge is 0.119 e. The third kappa shape index (κ3) is 3.22. The van der Waals surface area contributed by atoms with Crippen molar-refractivity contribution in [2.75, 3.05) is 20.3 Å². The molecule has 3 nitrogen and oxygen atoms in total. The van der Waals surface area contributed by atoms with E-state index in [1.54, 1.807) is 0 Å². The third-order valence-electron chi connectivity index (χ3n) is 2.99. The van der Waals surface area contributed by atoms with Crippen LogP contribution in [-0.2, 0) is 0 Å². The maximum Gasteiger partial charge on any atom is 0.119 e. The second kappa shape index (κ2) is 5.32. The predicted molar refractivity (Wildman–Crippen MR) is 66.0 cm³/mol. The molecule has 0 aliphatic rings. The van der Waals surface area contributed by atoms with Gasteiger partial charge < -0.3 is 15.2 Å². The van der Waals surface area contributed by atoms with E-state index in [1.807, 2.05) is 32.2 Å². The van der Waals surface area contributed by atoms with E-state index in [9.17, 15) is 5.11 Å². The van der Waals surface area contributed by atoms with Crippen molar-refractivity contribution in [3.63, 3.8) is 0 Å². The number of likely N-dealkylation sites (N-methyl/N-ethyl adjacent to an activating group) is 1. The topological polar surface area (TPSA) is 41.5 Å². The van der Waals surface area contributed by atoms with Crippen LogP contribution >= 0.6 is 0 Å². The second-order valence-corrected chi connectivity index (χ2v) is 4.50. The summed E-state index contributed by atoms with van der Waals surface area (Å²) >= 11 is 0. The summed E-state index contributed by atoms with van der Waals surface area (Å²) in [5, 5.41) is 12.3. The zero-order valence-electron chi connectivity index (χ0n) is 10.5. The largest absolute Gasteiger partial charge is 0.492 e. The average Bonchev–Trinajstić information content (AvgIpc) is 2.30. The normalized spacial score (nSPS) is 14.6. The van der Waals surface area contributed by atoms with E-state index in [0.29, 0.717) is 6.61 Å². The molecule has 0 saturated carbocycles. The van der Waals surface area contributed by atoms with E-state index in [-0.39, 0.29) is 6.61 Å². The standard InChI is InChI=1S/C13H21NO2/c1-10-5-6-12(7-11(10)2)16-9-13(3,8-15)14-4/h5-7,14-15H,8-9H2,1-4H3. The molecule has 16 heavy (non-hydrogen) atoms. The molecule has 0 radical (unpaired) electrons. The van der Waals surface area contributed by atoms with Gasteiger partial charge in [0.25, 0.3) is 0 Å². The molecule has 0 bridgehead atoms. The molecule has 3 heteroatoms. The van der Waals surface area contributed by atoms with E-state index in [4.69, 9.17) is 4.74 Å². The molecule has 0 spiro atoms. The van der Waals surface area contributed by atoms with Gasteiger partial charge in [-0.1, -0.05) is 6.07 Å². The van der Waals surface area contributed by atoms with Gasteiger partial charge in [0.1, 0.15) is 12.4 Å². The zero-order chi connectivity index (χ0) is 12.2. The number of ether oxygens (including phenoxy) is 1. The maximum atomic E-state index is 9.22. The maximum absolute atomic E-state index is 9.22. The number of hydrogen-bond donors (Lipinski definition) is 2. The molecule has 90 valence electrons. The molecular weight excluding hydrogens is 202 g/mol. The van der Waals surface area contributed by atoms with Crippen LogP contribution in [0.3, 0.4) is 0 Å². The van der Waals surface area contributed by atoms with Crippen LogP contribution in [-0.4, -0.2) is 30.9 Å². The van der Waals surface area contributed by atoms with Crippen LogP contribution in [0.25, 0.3) is 0 Å². The van der Waals surface area contributed by atoms with Gasteiger partial charge >= 0.3 is 0 Å². The van der Waals surface area contributed by atoms with Gasteiger partial charge in [-0.15, -0.1) is 0 Å². The van der Waals surface area contributed by atoms with Crippen LogP contribution in [0, 0.1) is 13.8 Å². The highest BCUT2D eigenvalue weighted by molar-refractivity contribution is 5.33. The molecule has 1 aromatic carbocycles. The van der Waals surface area contributed by atoms with E-state index < -0.39 is 5.54 Å². The summed E-state index contributed by atoms with van der Waals surface area (Å²) in [5.41, 5.74) is 2.08. The lowest BCUT2D eigenvalue weighted by molar-refractivity contribution is 0.122. The minimum Gasteiger partial charge on any atom is -0.492 e. The number of aliphatic hydroxyl groups is 1. The lowest BCUT2D eigenvalue weighted by Gasteiger charge is -2.26. The quantitative estimate of drug-likeness (QED) is 0.797. The number of aliphatic hydroxyl groups excluding tert-OH is 1. The van der Waals surface area contributed by atoms with Crippen molar-refractivity contribution >= 4 is 0 Å². The second-order valence-electron chi connectivity index (χ2n) is 4.50. The number of benzene rings is 1. The molecule has 0 aliphatic heterocycles. The van der Waals surface area contributed by atoms with E-state index in [1.165, 1.54) is 11.1 Å². The first kappa shape index (κ1) is 13.0. The number of nitrogens with one attached hydrogen (secondary N) is 1. The van der Waals surface area contributed by atoms with Crippen LogP contribution in [0.1, 0.15) is 18.1 Å². The first-order chi connectivity index (χ1) is 7.50. The molecule has 1 aromatic rings. The van der Waals surface area contributed by atoms with Gasteiger partial charge in [0, 0.05) is 0 Å². The van der Waals surface area contributed by atoms with Gasteiger partial charge in [-0.25, -0.2) is 0 Å². The summed E-state index contributed by atoms with van der Waals surface area (Å²) < 4.78 is 5.67. The fourth-order valence-corrected chi connectivity index (χ4v) is 1.24. The van der Waals surface area contributed by atoms with Gasteiger partial charge in [0.2, 0.25) is 0 Å². The Balaban J connectivity index is 2.64. The molecule has 0 fully saturated rings. The van der Waals surface area contributed by atoms with E-state index in [0.717, 1.165) is 5.75 Å². The summed E-state index contributed by atoms with van der Waals surface area (Å²) in [5.74, 6) is 0.845. The minimum absolute atomic E-state index is 0.0499. The molecule has 1 unspecified atom stereocenters. The molecule has 0 saturated heterocycles. The van der Waals surface area contributed by atoms with Gasteiger partial charge in [-0.2, -0.15) is 0 Å². The monoisotopic (exact) mass is 223 g/mol. The van der Waals surface area contributed by atoms with E-state index >= 15 is 0 Å². The van der Waals surface area contributed by atoms with Crippen LogP contribution in [0.2, 0.25) is 0 Å². The molecule has 0 amide bonds. The Bertz CT molecular complexity index is 346. The van der Waals surface area contributed by atoms with Crippen LogP contribution in [0.5, 0.6) is 5.75 Å². The van der Waals surface area contributed by atoms with E-state index in [2.05, 4.69) is 19.2 Å². The van der Waals surface area contributed by atoms with Crippen molar-refractivity contribution < 1.29 is 9.84 Å². The Morgan fingerprint density at radius 1 is 1.31 bits per heavy atom. The number of hydrogen-bond acceptors (Lipinski definition) is 3. The Morgan fingerprint density at radius 2 is 2.00 bits per heavy atom. The summed E-state index contributed by atoms with van der Waals surface area (Å²) in [7, 11) is 1.82. The Labute approximate surface area is 97.4 Å². The molecule has 0 aromatic heterocycles. The average molecular weight is 223 g/mol. The van der Waals surface area contributed by atoms with Crippen molar-refractivity contribution in [3.05, 3.63) is 29.3 Å². The van der Waals surface area contributed by atoms with Gasteiger partial charge in [0.05, 0.1) is 12.1 Å². The van der Waals surface area contributed by atoms with Crippen molar-refractivity contribution in [2.45, 2.75) is 26.3 Å². The van der Waals surface area contributed by atoms with Crippen LogP contribution in [0.4, 0.5) is 0 Å². The molecule has 1 atom stereocenters.